The van der Waals surface area contributed by atoms with Gasteiger partial charge in [0.2, 0.25) is 0 Å². The molecule has 0 spiro atoms. The van der Waals surface area contributed by atoms with Crippen LogP contribution >= 0.6 is 0 Å². The summed E-state index contributed by atoms with van der Waals surface area (Å²) in [7, 11) is 0. The predicted molar refractivity (Wildman–Crippen MR) is 57.9 cm³/mol. The van der Waals surface area contributed by atoms with Crippen LogP contribution < -0.4 is 8.92 Å². The third-order valence-corrected chi connectivity index (χ3v) is 3.85. The summed E-state index contributed by atoms with van der Waals surface area (Å²) < 4.78 is 2.86. The van der Waals surface area contributed by atoms with E-state index in [1.807, 2.05) is 0 Å². The second kappa shape index (κ2) is 6.06. The fourth-order valence-corrected chi connectivity index (χ4v) is 2.91. The van der Waals surface area contributed by atoms with Crippen molar-refractivity contribution in [3.8, 4) is 0 Å². The van der Waals surface area contributed by atoms with Crippen molar-refractivity contribution in [2.24, 2.45) is 0 Å². The molecule has 0 aliphatic carbocycles. The Labute approximate surface area is 101 Å². The summed E-state index contributed by atoms with van der Waals surface area (Å²) in [6.07, 6.45) is 0. The third kappa shape index (κ3) is 3.32. The maximum absolute atomic E-state index is 2.19. The zero-order valence-corrected chi connectivity index (χ0v) is 10.5. The molecule has 0 heterocycles. The van der Waals surface area contributed by atoms with Crippen molar-refractivity contribution < 1.29 is 17.1 Å². The van der Waals surface area contributed by atoms with Crippen molar-refractivity contribution in [3.05, 3.63) is 60.7 Å². The molecule has 0 amide bonds. The maximum atomic E-state index is 2.19. The Morgan fingerprint density at radius 1 is 0.571 bits per heavy atom. The van der Waals surface area contributed by atoms with Crippen LogP contribution in [0.15, 0.2) is 60.7 Å². The van der Waals surface area contributed by atoms with Gasteiger partial charge < -0.3 is 0 Å². The summed E-state index contributed by atoms with van der Waals surface area (Å²) in [5.41, 5.74) is 0. The molecule has 2 rings (SSSR count). The molecule has 0 saturated carbocycles. The number of hydrogen-bond donors (Lipinski definition) is 0. The third-order valence-electron chi connectivity index (χ3n) is 1.72. The van der Waals surface area contributed by atoms with Crippen LogP contribution in [-0.2, 0) is 17.1 Å². The van der Waals surface area contributed by atoms with Crippen molar-refractivity contribution in [1.29, 1.82) is 0 Å². The molecule has 0 aliphatic heterocycles. The van der Waals surface area contributed by atoms with Crippen molar-refractivity contribution >= 4 is 23.9 Å². The fourth-order valence-electron chi connectivity index (χ4n) is 1.11. The molecule has 0 bridgehead atoms. The van der Waals surface area contributed by atoms with E-state index in [2.05, 4.69) is 60.7 Å². The Kier molecular flexibility index (Phi) is 5.00. The van der Waals surface area contributed by atoms with Gasteiger partial charge in [0.05, 0.1) is 0 Å². The first kappa shape index (κ1) is 11.6. The van der Waals surface area contributed by atoms with E-state index in [0.29, 0.717) is 15.0 Å². The van der Waals surface area contributed by atoms with Gasteiger partial charge in [-0.2, -0.15) is 0 Å². The van der Waals surface area contributed by atoms with Crippen LogP contribution in [0, 0.1) is 0 Å². The van der Waals surface area contributed by atoms with Gasteiger partial charge >= 0.3 is 84.5 Å². The van der Waals surface area contributed by atoms with E-state index in [0.717, 1.165) is 0 Å². The zero-order chi connectivity index (χ0) is 8.93. The van der Waals surface area contributed by atoms with Gasteiger partial charge in [-0.25, -0.2) is 0 Å². The molecular formula is C12H10MnSe. The van der Waals surface area contributed by atoms with Crippen LogP contribution in [0.3, 0.4) is 0 Å². The Hall–Kier alpha value is -0.521. The van der Waals surface area contributed by atoms with Gasteiger partial charge in [-0.15, -0.1) is 0 Å². The van der Waals surface area contributed by atoms with Gasteiger partial charge in [-0.3, -0.25) is 0 Å². The molecule has 0 unspecified atom stereocenters. The molecule has 0 aromatic heterocycles. The van der Waals surface area contributed by atoms with E-state index in [9.17, 15) is 0 Å². The monoisotopic (exact) mass is 289 g/mol. The Bertz CT molecular complexity index is 321. The van der Waals surface area contributed by atoms with Gasteiger partial charge in [0.25, 0.3) is 0 Å². The van der Waals surface area contributed by atoms with E-state index >= 15 is 0 Å². The van der Waals surface area contributed by atoms with Crippen molar-refractivity contribution in [2.75, 3.05) is 0 Å². The summed E-state index contributed by atoms with van der Waals surface area (Å²) in [4.78, 5) is 0. The van der Waals surface area contributed by atoms with E-state index in [1.165, 1.54) is 8.92 Å². The van der Waals surface area contributed by atoms with Gasteiger partial charge in [0.15, 0.2) is 0 Å². The van der Waals surface area contributed by atoms with Crippen LogP contribution in [0.25, 0.3) is 0 Å². The summed E-state index contributed by atoms with van der Waals surface area (Å²) in [5, 5.41) is 0. The van der Waals surface area contributed by atoms with E-state index in [4.69, 9.17) is 0 Å². The zero-order valence-electron chi connectivity index (χ0n) is 7.56. The molecule has 2 heteroatoms. The summed E-state index contributed by atoms with van der Waals surface area (Å²) in [6, 6.07) is 21.3. The molecule has 2 aromatic rings. The molecule has 0 aliphatic rings. The van der Waals surface area contributed by atoms with Crippen molar-refractivity contribution in [2.45, 2.75) is 0 Å². The standard InChI is InChI=1S/C12H10Se.Mn/c1-3-7-11(8-4-1)13-12-9-5-2-6-10-12;/h1-10H;. The van der Waals surface area contributed by atoms with Crippen LogP contribution in [0.5, 0.6) is 0 Å². The number of hydrogen-bond acceptors (Lipinski definition) is 0. The first-order chi connectivity index (χ1) is 6.45. The molecule has 1 radical (unpaired) electrons. The second-order valence-electron chi connectivity index (χ2n) is 2.73. The molecule has 14 heavy (non-hydrogen) atoms. The summed E-state index contributed by atoms with van der Waals surface area (Å²) in [5.74, 6) is 0. The minimum atomic E-state index is 0. The van der Waals surface area contributed by atoms with Crippen LogP contribution in [0.1, 0.15) is 0 Å². The summed E-state index contributed by atoms with van der Waals surface area (Å²) in [6.45, 7) is 0. The summed E-state index contributed by atoms with van der Waals surface area (Å²) >= 11 is 0.461. The van der Waals surface area contributed by atoms with Gasteiger partial charge in [0, 0.05) is 17.1 Å². The van der Waals surface area contributed by atoms with Gasteiger partial charge in [-0.1, -0.05) is 0 Å². The van der Waals surface area contributed by atoms with Crippen molar-refractivity contribution in [3.63, 3.8) is 0 Å². The van der Waals surface area contributed by atoms with E-state index in [-0.39, 0.29) is 17.1 Å². The molecule has 71 valence electrons. The van der Waals surface area contributed by atoms with Crippen LogP contribution in [-0.4, -0.2) is 15.0 Å². The molecule has 0 fully saturated rings. The number of rotatable bonds is 2. The molecule has 0 N–H and O–H groups in total. The molecular weight excluding hydrogens is 278 g/mol. The average Bonchev–Trinajstić information content (AvgIpc) is 2.21. The number of benzene rings is 2. The Morgan fingerprint density at radius 3 is 1.29 bits per heavy atom. The molecule has 0 atom stereocenters. The predicted octanol–water partition coefficient (Wildman–Crippen LogP) is 1.34. The minimum absolute atomic E-state index is 0. The Balaban J connectivity index is 0.000000980. The molecule has 0 nitrogen and oxygen atoms in total. The quantitative estimate of drug-likeness (QED) is 0.732. The SMILES string of the molecule is [Mn].c1ccc([Se]c2ccccc2)cc1. The first-order valence-electron chi connectivity index (χ1n) is 4.23. The van der Waals surface area contributed by atoms with E-state index in [1.54, 1.807) is 0 Å². The molecule has 2 aromatic carbocycles. The van der Waals surface area contributed by atoms with E-state index < -0.39 is 0 Å². The molecule has 0 saturated heterocycles. The topological polar surface area (TPSA) is 0 Å². The van der Waals surface area contributed by atoms with Gasteiger partial charge in [0.1, 0.15) is 0 Å². The fraction of sp³-hybridized carbons (Fsp3) is 0. The van der Waals surface area contributed by atoms with Gasteiger partial charge in [-0.05, 0) is 0 Å². The van der Waals surface area contributed by atoms with Crippen LogP contribution in [0.2, 0.25) is 0 Å². The average molecular weight is 288 g/mol. The van der Waals surface area contributed by atoms with Crippen molar-refractivity contribution in [1.82, 2.24) is 0 Å². The first-order valence-corrected chi connectivity index (χ1v) is 5.94. The normalized spacial score (nSPS) is 9.14. The second-order valence-corrected chi connectivity index (χ2v) is 5.13. The Morgan fingerprint density at radius 2 is 0.929 bits per heavy atom. The van der Waals surface area contributed by atoms with Crippen LogP contribution in [0.4, 0.5) is 0 Å².